The summed E-state index contributed by atoms with van der Waals surface area (Å²) in [5.41, 5.74) is 9.42. The maximum atomic E-state index is 14.0. The lowest BCUT2D eigenvalue weighted by atomic mass is 10.2. The predicted molar refractivity (Wildman–Crippen MR) is 173 cm³/mol. The van der Waals surface area contributed by atoms with Crippen LogP contribution in [0.5, 0.6) is 11.5 Å². The van der Waals surface area contributed by atoms with E-state index in [2.05, 4.69) is 41.6 Å². The monoisotopic (exact) mass is 790 g/mol. The Bertz CT molecular complexity index is 2120. The number of carbonyl (C=O) groups is 2. The molecule has 0 saturated heterocycles. The molecule has 244 valence electrons. The molecule has 0 atom stereocenters. The summed E-state index contributed by atoms with van der Waals surface area (Å²) in [5, 5.41) is 11.9. The van der Waals surface area contributed by atoms with Crippen LogP contribution < -0.4 is 16.2 Å². The van der Waals surface area contributed by atoms with Gasteiger partial charge in [0.2, 0.25) is 0 Å². The van der Waals surface area contributed by atoms with Crippen molar-refractivity contribution in [3.8, 4) is 11.5 Å². The molecule has 0 aliphatic rings. The predicted octanol–water partition coefficient (Wildman–Crippen LogP) is 7.31. The fourth-order valence-electron chi connectivity index (χ4n) is 3.61. The van der Waals surface area contributed by atoms with Crippen molar-refractivity contribution in [2.45, 2.75) is 11.9 Å². The Morgan fingerprint density at radius 2 is 1.30 bits per heavy atom. The number of aromatic hydroxyl groups is 1. The van der Waals surface area contributed by atoms with Gasteiger partial charge in [-0.05, 0) is 24.3 Å². The number of primary amides is 2. The normalized spacial score (nSPS) is 10.6. The number of ether oxygens (including phenoxy) is 1. The van der Waals surface area contributed by atoms with Gasteiger partial charge in [0.1, 0.15) is 49.7 Å². The summed E-state index contributed by atoms with van der Waals surface area (Å²) >= 11 is 17.8. The third-order valence-corrected chi connectivity index (χ3v) is 8.96. The van der Waals surface area contributed by atoms with E-state index in [0.29, 0.717) is 20.8 Å². The van der Waals surface area contributed by atoms with Crippen molar-refractivity contribution in [3.63, 3.8) is 0 Å². The number of fused-ring (bicyclic) bond motifs is 2. The molecule has 5 N–H and O–H groups in total. The summed E-state index contributed by atoms with van der Waals surface area (Å²) in [7, 11) is 0. The highest BCUT2D eigenvalue weighted by molar-refractivity contribution is 9.08. The van der Waals surface area contributed by atoms with Gasteiger partial charge in [-0.25, -0.2) is 37.5 Å². The molecule has 47 heavy (non-hydrogen) atoms. The largest absolute Gasteiger partial charge is 0.505 e. The van der Waals surface area contributed by atoms with Gasteiger partial charge in [0.25, 0.3) is 11.8 Å². The Morgan fingerprint density at radius 1 is 0.809 bits per heavy atom. The van der Waals surface area contributed by atoms with Crippen LogP contribution in [0.4, 0.5) is 17.6 Å². The molecule has 0 bridgehead atoms. The number of hydrogen-bond acceptors (Lipinski definition) is 10. The first kappa shape index (κ1) is 35.7. The zero-order chi connectivity index (χ0) is 34.4. The summed E-state index contributed by atoms with van der Waals surface area (Å²) in [6, 6.07) is 6.94. The zero-order valence-electron chi connectivity index (χ0n) is 23.1. The standard InChI is InChI=1S/C14H8ClF2N3O2S.C7H4BrClN2S.C7H5F2NO2/c15-10-3-7-9(4-19-10)23-11(20-7)5-22-8-2-1-6(16)12(13(8)17)14(18)21;8-2-7-11-4-1-6(9)10-3-5(4)12-7;8-3-1-2-4(11)6(9)5(3)7(10)12/h1-4H,5H2,(H2,18,21);1,3H,2H2;1-2,11H,(H2,10,12). The number of aromatic nitrogens is 4. The fraction of sp³-hybridized carbons (Fsp3) is 0.0714. The van der Waals surface area contributed by atoms with Crippen LogP contribution in [0.1, 0.15) is 30.7 Å². The van der Waals surface area contributed by atoms with Crippen molar-refractivity contribution in [1.29, 1.82) is 0 Å². The Balaban J connectivity index is 0.000000176. The number of thiazole rings is 2. The number of nitrogens with two attached hydrogens (primary N) is 2. The summed E-state index contributed by atoms with van der Waals surface area (Å²) in [6.45, 7) is -0.0578. The molecule has 6 rings (SSSR count). The third kappa shape index (κ3) is 8.81. The van der Waals surface area contributed by atoms with E-state index in [4.69, 9.17) is 38.8 Å². The average Bonchev–Trinajstić information content (AvgIpc) is 3.62. The number of nitrogens with zero attached hydrogens (tertiary/aromatic N) is 4. The molecular weight excluding hydrogens is 775 g/mol. The van der Waals surface area contributed by atoms with Crippen LogP contribution in [-0.2, 0) is 11.9 Å². The summed E-state index contributed by atoms with van der Waals surface area (Å²) in [6.07, 6.45) is 3.32. The van der Waals surface area contributed by atoms with Gasteiger partial charge in [-0.1, -0.05) is 39.1 Å². The molecule has 4 aromatic heterocycles. The first-order chi connectivity index (χ1) is 22.3. The minimum Gasteiger partial charge on any atom is -0.505 e. The van der Waals surface area contributed by atoms with Crippen molar-refractivity contribution in [2.24, 2.45) is 11.5 Å². The number of benzene rings is 2. The molecule has 0 fully saturated rings. The Hall–Kier alpha value is -4.16. The first-order valence-corrected chi connectivity index (χ1v) is 16.0. The number of hydrogen-bond donors (Lipinski definition) is 3. The van der Waals surface area contributed by atoms with Gasteiger partial charge in [0.05, 0.1) is 25.8 Å². The highest BCUT2D eigenvalue weighted by atomic mass is 79.9. The van der Waals surface area contributed by atoms with Crippen molar-refractivity contribution >= 4 is 94.1 Å². The highest BCUT2D eigenvalue weighted by Gasteiger charge is 2.20. The van der Waals surface area contributed by atoms with E-state index in [1.807, 2.05) is 0 Å². The molecule has 0 spiro atoms. The first-order valence-electron chi connectivity index (χ1n) is 12.5. The van der Waals surface area contributed by atoms with Crippen molar-refractivity contribution < 1.29 is 37.0 Å². The van der Waals surface area contributed by atoms with Crippen LogP contribution >= 0.6 is 61.8 Å². The van der Waals surface area contributed by atoms with Crippen LogP contribution in [0.2, 0.25) is 10.3 Å². The number of amides is 2. The van der Waals surface area contributed by atoms with Crippen LogP contribution in [0.3, 0.4) is 0 Å². The lowest BCUT2D eigenvalue weighted by Crippen LogP contribution is -2.16. The van der Waals surface area contributed by atoms with E-state index in [1.165, 1.54) is 11.3 Å². The number of phenols is 1. The third-order valence-electron chi connectivity index (χ3n) is 5.66. The minimum absolute atomic E-state index is 0.0578. The molecule has 6 aromatic rings. The van der Waals surface area contributed by atoms with Gasteiger partial charge in [0.15, 0.2) is 23.1 Å². The number of carbonyl (C=O) groups excluding carboxylic acids is 2. The molecule has 2 aromatic carbocycles. The number of alkyl halides is 1. The molecule has 19 heteroatoms. The van der Waals surface area contributed by atoms with Gasteiger partial charge >= 0.3 is 0 Å². The van der Waals surface area contributed by atoms with Crippen LogP contribution in [-0.4, -0.2) is 36.9 Å². The number of halogens is 7. The summed E-state index contributed by atoms with van der Waals surface area (Å²) in [5.74, 6) is -8.13. The molecular formula is C28H17BrCl2F4N6O4S2. The minimum atomic E-state index is -1.33. The van der Waals surface area contributed by atoms with Crippen LogP contribution in [0.25, 0.3) is 20.4 Å². The van der Waals surface area contributed by atoms with Gasteiger partial charge in [-0.2, -0.15) is 0 Å². The molecule has 0 radical (unpaired) electrons. The van der Waals surface area contributed by atoms with Crippen molar-refractivity contribution in [2.75, 3.05) is 0 Å². The Kier molecular flexibility index (Phi) is 11.9. The molecule has 0 unspecified atom stereocenters. The van der Waals surface area contributed by atoms with Crippen LogP contribution in [0, 0.1) is 23.3 Å². The van der Waals surface area contributed by atoms with E-state index in [1.54, 1.807) is 35.9 Å². The molecule has 2 amide bonds. The number of pyridine rings is 2. The van der Waals surface area contributed by atoms with Gasteiger partial charge in [-0.3, -0.25) is 9.59 Å². The fourth-order valence-corrected chi connectivity index (χ4v) is 5.98. The summed E-state index contributed by atoms with van der Waals surface area (Å²) < 4.78 is 59.9. The van der Waals surface area contributed by atoms with Crippen molar-refractivity contribution in [1.82, 2.24) is 19.9 Å². The van der Waals surface area contributed by atoms with E-state index >= 15 is 0 Å². The van der Waals surface area contributed by atoms with E-state index in [9.17, 15) is 27.2 Å². The second kappa shape index (κ2) is 15.6. The Labute approximate surface area is 288 Å². The lowest BCUT2D eigenvalue weighted by Gasteiger charge is -2.08. The van der Waals surface area contributed by atoms with E-state index in [0.717, 1.165) is 49.5 Å². The maximum absolute atomic E-state index is 14.0. The second-order valence-electron chi connectivity index (χ2n) is 8.81. The average molecular weight is 792 g/mol. The molecule has 10 nitrogen and oxygen atoms in total. The molecule has 0 aliphatic carbocycles. The second-order valence-corrected chi connectivity index (χ2v) is 12.4. The SMILES string of the molecule is Clc1cc2nc(CBr)sc2cn1.NC(=O)c1c(F)ccc(O)c1F.NC(=O)c1c(F)ccc(OCc2nc3cc(Cl)ncc3s2)c1F. The van der Waals surface area contributed by atoms with E-state index < -0.39 is 52.0 Å². The lowest BCUT2D eigenvalue weighted by molar-refractivity contribution is 0.0982. The maximum Gasteiger partial charge on any atom is 0.254 e. The van der Waals surface area contributed by atoms with Gasteiger partial charge < -0.3 is 21.3 Å². The topological polar surface area (TPSA) is 167 Å². The highest BCUT2D eigenvalue weighted by Crippen LogP contribution is 2.28. The zero-order valence-corrected chi connectivity index (χ0v) is 27.8. The number of phenolic OH excluding ortho intramolecular Hbond substituents is 1. The summed E-state index contributed by atoms with van der Waals surface area (Å²) in [4.78, 5) is 38.0. The smallest absolute Gasteiger partial charge is 0.254 e. The number of rotatable bonds is 6. The van der Waals surface area contributed by atoms with Gasteiger partial charge in [-0.15, -0.1) is 22.7 Å². The van der Waals surface area contributed by atoms with Crippen molar-refractivity contribution in [3.05, 3.63) is 104 Å². The van der Waals surface area contributed by atoms with E-state index in [-0.39, 0.29) is 12.4 Å². The van der Waals surface area contributed by atoms with Crippen LogP contribution in [0.15, 0.2) is 48.8 Å². The van der Waals surface area contributed by atoms with Gasteiger partial charge in [0, 0.05) is 24.5 Å². The molecule has 4 heterocycles. The molecule has 0 aliphatic heterocycles. The molecule has 0 saturated carbocycles. The quantitative estimate of drug-likeness (QED) is 0.0897. The Morgan fingerprint density at radius 3 is 1.81 bits per heavy atom.